The maximum Gasteiger partial charge on any atom is 0.248 e. The molecule has 5 nitrogen and oxygen atoms in total. The molecule has 0 bridgehead atoms. The Morgan fingerprint density at radius 1 is 0.781 bits per heavy atom. The van der Waals surface area contributed by atoms with Crippen LogP contribution in [0.2, 0.25) is 0 Å². The molecule has 6 heteroatoms. The number of piperidine rings is 1. The number of likely N-dealkylation sites (tertiary alicyclic amines) is 1. The highest BCUT2D eigenvalue weighted by atomic mass is 32.2. The highest BCUT2D eigenvalue weighted by Gasteiger charge is 2.47. The maximum absolute atomic E-state index is 13.5. The third kappa shape index (κ3) is 4.50. The number of imide groups is 1. The van der Waals surface area contributed by atoms with Crippen LogP contribution >= 0.6 is 0 Å². The Labute approximate surface area is 188 Å². The minimum absolute atomic E-state index is 0.0198. The van der Waals surface area contributed by atoms with Crippen LogP contribution in [-0.4, -0.2) is 30.4 Å². The fourth-order valence-corrected chi connectivity index (χ4v) is 5.83. The van der Waals surface area contributed by atoms with Crippen LogP contribution in [0.1, 0.15) is 23.1 Å². The third-order valence-corrected chi connectivity index (χ3v) is 7.96. The smallest absolute Gasteiger partial charge is 0.248 e. The van der Waals surface area contributed by atoms with Crippen molar-refractivity contribution >= 4 is 21.7 Å². The van der Waals surface area contributed by atoms with Gasteiger partial charge in [-0.15, -0.1) is 0 Å². The van der Waals surface area contributed by atoms with E-state index in [1.807, 2.05) is 67.6 Å². The Balaban J connectivity index is 1.70. The summed E-state index contributed by atoms with van der Waals surface area (Å²) in [4.78, 5) is 27.9. The van der Waals surface area contributed by atoms with E-state index in [9.17, 15) is 18.0 Å². The SMILES string of the molecule is Cc1ccc(S(=O)(=O)C2CC(Cc3ccccc3)C(=O)N(Cc3ccccc3)C2=O)cc1. The normalized spacial score (nSPS) is 19.2. The summed E-state index contributed by atoms with van der Waals surface area (Å²) in [5, 5.41) is -1.29. The summed E-state index contributed by atoms with van der Waals surface area (Å²) in [6, 6.07) is 25.1. The minimum Gasteiger partial charge on any atom is -0.277 e. The molecule has 0 aromatic heterocycles. The van der Waals surface area contributed by atoms with E-state index in [1.54, 1.807) is 12.1 Å². The Kier molecular flexibility index (Phi) is 6.24. The van der Waals surface area contributed by atoms with Crippen LogP contribution < -0.4 is 0 Å². The van der Waals surface area contributed by atoms with Crippen LogP contribution in [-0.2, 0) is 32.4 Å². The van der Waals surface area contributed by atoms with Gasteiger partial charge in [-0.1, -0.05) is 78.4 Å². The first-order valence-corrected chi connectivity index (χ1v) is 12.1. The molecule has 2 unspecified atom stereocenters. The summed E-state index contributed by atoms with van der Waals surface area (Å²) in [6.45, 7) is 1.93. The van der Waals surface area contributed by atoms with Gasteiger partial charge in [0.05, 0.1) is 11.4 Å². The minimum atomic E-state index is -3.95. The summed E-state index contributed by atoms with van der Waals surface area (Å²) in [5.74, 6) is -1.56. The molecular formula is C26H25NO4S. The summed E-state index contributed by atoms with van der Waals surface area (Å²) in [7, 11) is -3.95. The number of hydrogen-bond donors (Lipinski definition) is 0. The van der Waals surface area contributed by atoms with Crippen LogP contribution in [0.15, 0.2) is 89.8 Å². The van der Waals surface area contributed by atoms with E-state index in [2.05, 4.69) is 0 Å². The van der Waals surface area contributed by atoms with Gasteiger partial charge < -0.3 is 0 Å². The lowest BCUT2D eigenvalue weighted by molar-refractivity contribution is -0.152. The molecule has 0 radical (unpaired) electrons. The Bertz CT molecular complexity index is 1210. The molecule has 1 fully saturated rings. The first kappa shape index (κ1) is 22.0. The zero-order valence-electron chi connectivity index (χ0n) is 17.8. The van der Waals surface area contributed by atoms with Gasteiger partial charge in [0.25, 0.3) is 0 Å². The van der Waals surface area contributed by atoms with Gasteiger partial charge in [-0.25, -0.2) is 8.42 Å². The number of carbonyl (C=O) groups is 2. The second kappa shape index (κ2) is 9.09. The topological polar surface area (TPSA) is 71.5 Å². The monoisotopic (exact) mass is 447 g/mol. The molecule has 4 rings (SSSR count). The van der Waals surface area contributed by atoms with E-state index in [0.717, 1.165) is 21.6 Å². The molecule has 1 saturated heterocycles. The van der Waals surface area contributed by atoms with Gasteiger partial charge in [-0.2, -0.15) is 0 Å². The molecule has 0 N–H and O–H groups in total. The average Bonchev–Trinajstić information content (AvgIpc) is 2.80. The van der Waals surface area contributed by atoms with E-state index >= 15 is 0 Å². The van der Waals surface area contributed by atoms with Crippen LogP contribution in [0, 0.1) is 12.8 Å². The van der Waals surface area contributed by atoms with E-state index in [0.29, 0.717) is 6.42 Å². The predicted octanol–water partition coefficient (Wildman–Crippen LogP) is 3.96. The molecule has 32 heavy (non-hydrogen) atoms. The molecule has 2 atom stereocenters. The molecule has 1 aliphatic heterocycles. The van der Waals surface area contributed by atoms with Crippen molar-refractivity contribution < 1.29 is 18.0 Å². The number of carbonyl (C=O) groups excluding carboxylic acids is 2. The van der Waals surface area contributed by atoms with Crippen molar-refractivity contribution in [3.8, 4) is 0 Å². The molecule has 1 heterocycles. The molecule has 3 aromatic carbocycles. The number of aryl methyl sites for hydroxylation is 1. The summed E-state index contributed by atoms with van der Waals surface area (Å²) in [6.07, 6.45) is 0.367. The van der Waals surface area contributed by atoms with Gasteiger partial charge in [-0.3, -0.25) is 14.5 Å². The third-order valence-electron chi connectivity index (χ3n) is 5.89. The van der Waals surface area contributed by atoms with Gasteiger partial charge in [0.15, 0.2) is 9.84 Å². The highest BCUT2D eigenvalue weighted by molar-refractivity contribution is 7.92. The highest BCUT2D eigenvalue weighted by Crippen LogP contribution is 2.31. The molecular weight excluding hydrogens is 422 g/mol. The first-order chi connectivity index (χ1) is 15.4. The van der Waals surface area contributed by atoms with E-state index in [1.165, 1.54) is 12.1 Å². The van der Waals surface area contributed by atoms with E-state index in [-0.39, 0.29) is 23.8 Å². The molecule has 3 aromatic rings. The Hall–Kier alpha value is -3.25. The molecule has 1 aliphatic rings. The van der Waals surface area contributed by atoms with Crippen LogP contribution in [0.4, 0.5) is 0 Å². The lowest BCUT2D eigenvalue weighted by Crippen LogP contribution is -2.54. The van der Waals surface area contributed by atoms with Crippen molar-refractivity contribution in [1.82, 2.24) is 4.90 Å². The second-order valence-corrected chi connectivity index (χ2v) is 10.3. The molecule has 164 valence electrons. The van der Waals surface area contributed by atoms with Gasteiger partial charge >= 0.3 is 0 Å². The largest absolute Gasteiger partial charge is 0.277 e. The average molecular weight is 448 g/mol. The van der Waals surface area contributed by atoms with E-state index in [4.69, 9.17) is 0 Å². The maximum atomic E-state index is 13.5. The lowest BCUT2D eigenvalue weighted by atomic mass is 9.89. The Morgan fingerprint density at radius 2 is 1.34 bits per heavy atom. The van der Waals surface area contributed by atoms with Crippen LogP contribution in [0.5, 0.6) is 0 Å². The number of hydrogen-bond acceptors (Lipinski definition) is 4. The van der Waals surface area contributed by atoms with Crippen molar-refractivity contribution in [3.63, 3.8) is 0 Å². The lowest BCUT2D eigenvalue weighted by Gasteiger charge is -2.35. The summed E-state index contributed by atoms with van der Waals surface area (Å²) < 4.78 is 26.9. The van der Waals surface area contributed by atoms with Crippen LogP contribution in [0.25, 0.3) is 0 Å². The number of nitrogens with zero attached hydrogens (tertiary/aromatic N) is 1. The van der Waals surface area contributed by atoms with Crippen molar-refractivity contribution in [2.75, 3.05) is 0 Å². The second-order valence-electron chi connectivity index (χ2n) is 8.22. The van der Waals surface area contributed by atoms with Crippen molar-refractivity contribution in [1.29, 1.82) is 0 Å². The van der Waals surface area contributed by atoms with E-state index < -0.39 is 26.9 Å². The zero-order chi connectivity index (χ0) is 22.7. The molecule has 2 amide bonds. The van der Waals surface area contributed by atoms with Gasteiger partial charge in [0.2, 0.25) is 11.8 Å². The standard InChI is InChI=1S/C26H25NO4S/c1-19-12-14-23(15-13-19)32(30,31)24-17-22(16-20-8-4-2-5-9-20)25(28)27(26(24)29)18-21-10-6-3-7-11-21/h2-15,22,24H,16-18H2,1H3. The van der Waals surface area contributed by atoms with Gasteiger partial charge in [-0.05, 0) is 43.0 Å². The summed E-state index contributed by atoms with van der Waals surface area (Å²) >= 11 is 0. The summed E-state index contributed by atoms with van der Waals surface area (Å²) in [5.41, 5.74) is 2.65. The zero-order valence-corrected chi connectivity index (χ0v) is 18.7. The van der Waals surface area contributed by atoms with Crippen molar-refractivity contribution in [2.45, 2.75) is 36.5 Å². The van der Waals surface area contributed by atoms with Gasteiger partial charge in [0.1, 0.15) is 5.25 Å². The fourth-order valence-electron chi connectivity index (χ4n) is 4.11. The molecule has 0 aliphatic carbocycles. The fraction of sp³-hybridized carbons (Fsp3) is 0.231. The van der Waals surface area contributed by atoms with Gasteiger partial charge in [0, 0.05) is 5.92 Å². The van der Waals surface area contributed by atoms with Crippen molar-refractivity contribution in [2.24, 2.45) is 5.92 Å². The van der Waals surface area contributed by atoms with Crippen LogP contribution in [0.3, 0.4) is 0 Å². The molecule has 0 saturated carbocycles. The van der Waals surface area contributed by atoms with Crippen molar-refractivity contribution in [3.05, 3.63) is 102 Å². The predicted molar refractivity (Wildman–Crippen MR) is 122 cm³/mol. The molecule has 0 spiro atoms. The quantitative estimate of drug-likeness (QED) is 0.537. The number of sulfone groups is 1. The number of rotatable bonds is 6. The first-order valence-electron chi connectivity index (χ1n) is 10.6. The number of amides is 2. The number of benzene rings is 3. The Morgan fingerprint density at radius 3 is 1.94 bits per heavy atom.